The molecule has 182 valence electrons. The molecule has 0 aliphatic rings. The van der Waals surface area contributed by atoms with E-state index in [0.717, 1.165) is 0 Å². The van der Waals surface area contributed by atoms with Gasteiger partial charge in [-0.05, 0) is 24.3 Å². The molecule has 0 radical (unpaired) electrons. The van der Waals surface area contributed by atoms with Crippen LogP contribution in [-0.4, -0.2) is 64.5 Å². The number of rotatable bonds is 14. The molecule has 1 rings (SSSR count). The van der Waals surface area contributed by atoms with Gasteiger partial charge >= 0.3 is 11.9 Å². The number of nitrogens with one attached hydrogen (secondary N) is 3. The molecule has 0 spiro atoms. The topological polar surface area (TPSA) is 188 Å². The van der Waals surface area contributed by atoms with Gasteiger partial charge in [-0.3, -0.25) is 19.2 Å². The molecule has 0 saturated carbocycles. The fourth-order valence-corrected chi connectivity index (χ4v) is 3.02. The van der Waals surface area contributed by atoms with Crippen LogP contribution in [0.1, 0.15) is 38.7 Å². The summed E-state index contributed by atoms with van der Waals surface area (Å²) < 4.78 is 0. The van der Waals surface area contributed by atoms with Crippen molar-refractivity contribution in [3.8, 4) is 0 Å². The Labute approximate surface area is 192 Å². The number of carbonyl (C=O) groups is 5. The third-order valence-corrected chi connectivity index (χ3v) is 4.68. The monoisotopic (exact) mass is 464 g/mol. The Morgan fingerprint density at radius 1 is 0.939 bits per heavy atom. The van der Waals surface area contributed by atoms with E-state index >= 15 is 0 Å². The van der Waals surface area contributed by atoms with Crippen LogP contribution < -0.4 is 21.7 Å². The highest BCUT2D eigenvalue weighted by molar-refractivity contribution is 5.92. The molecule has 11 nitrogen and oxygen atoms in total. The Bertz CT molecular complexity index is 829. The lowest BCUT2D eigenvalue weighted by Gasteiger charge is -2.22. The van der Waals surface area contributed by atoms with Gasteiger partial charge in [0.2, 0.25) is 17.7 Å². The second-order valence-corrected chi connectivity index (χ2v) is 8.10. The standard InChI is InChI=1S/C22H32N4O7/c1-13(2)10-15(23)20(30)24-12-18(27)25-17(11-14-6-4-3-5-7-14)21(31)26-16(22(32)33)8-9-19(28)29/h3-7,13,15-17H,8-12,23H2,1-2H3,(H,24,30)(H,25,27)(H,26,31)(H,28,29)(H,32,33). The van der Waals surface area contributed by atoms with Gasteiger partial charge in [-0.1, -0.05) is 44.2 Å². The molecule has 0 fully saturated rings. The molecule has 1 aromatic rings. The molecule has 1 aromatic carbocycles. The molecular formula is C22H32N4O7. The van der Waals surface area contributed by atoms with E-state index in [2.05, 4.69) is 16.0 Å². The van der Waals surface area contributed by atoms with Crippen LogP contribution in [-0.2, 0) is 30.4 Å². The van der Waals surface area contributed by atoms with Gasteiger partial charge in [0, 0.05) is 12.8 Å². The lowest BCUT2D eigenvalue weighted by Crippen LogP contribution is -2.54. The van der Waals surface area contributed by atoms with E-state index in [1.807, 2.05) is 13.8 Å². The van der Waals surface area contributed by atoms with Crippen molar-refractivity contribution in [1.29, 1.82) is 0 Å². The zero-order valence-corrected chi connectivity index (χ0v) is 18.7. The van der Waals surface area contributed by atoms with Crippen LogP contribution in [0.25, 0.3) is 0 Å². The minimum absolute atomic E-state index is 0.0600. The van der Waals surface area contributed by atoms with Crippen molar-refractivity contribution in [2.75, 3.05) is 6.54 Å². The van der Waals surface area contributed by atoms with Gasteiger partial charge < -0.3 is 31.9 Å². The molecule has 33 heavy (non-hydrogen) atoms. The van der Waals surface area contributed by atoms with Gasteiger partial charge in [0.1, 0.15) is 12.1 Å². The summed E-state index contributed by atoms with van der Waals surface area (Å²) >= 11 is 0. The summed E-state index contributed by atoms with van der Waals surface area (Å²) in [5, 5.41) is 25.3. The summed E-state index contributed by atoms with van der Waals surface area (Å²) in [6.07, 6.45) is -0.258. The van der Waals surface area contributed by atoms with Crippen molar-refractivity contribution in [2.45, 2.75) is 57.7 Å². The molecule has 11 heteroatoms. The average molecular weight is 465 g/mol. The number of carboxylic acid groups (broad SMARTS) is 2. The number of nitrogens with two attached hydrogens (primary N) is 1. The van der Waals surface area contributed by atoms with E-state index < -0.39 is 60.8 Å². The van der Waals surface area contributed by atoms with Crippen LogP contribution in [0, 0.1) is 5.92 Å². The number of carbonyl (C=O) groups excluding carboxylic acids is 3. The van der Waals surface area contributed by atoms with Crippen LogP contribution in [0.5, 0.6) is 0 Å². The first-order chi connectivity index (χ1) is 15.5. The van der Waals surface area contributed by atoms with E-state index in [0.29, 0.717) is 12.0 Å². The van der Waals surface area contributed by atoms with E-state index in [1.165, 1.54) is 0 Å². The first-order valence-electron chi connectivity index (χ1n) is 10.6. The Morgan fingerprint density at radius 2 is 1.58 bits per heavy atom. The summed E-state index contributed by atoms with van der Waals surface area (Å²) in [5.41, 5.74) is 6.49. The number of hydrogen-bond acceptors (Lipinski definition) is 6. The van der Waals surface area contributed by atoms with Crippen LogP contribution in [0.15, 0.2) is 30.3 Å². The molecule has 0 bridgehead atoms. The highest BCUT2D eigenvalue weighted by Crippen LogP contribution is 2.06. The van der Waals surface area contributed by atoms with Crippen molar-refractivity contribution in [3.63, 3.8) is 0 Å². The number of benzene rings is 1. The number of amides is 3. The zero-order valence-electron chi connectivity index (χ0n) is 18.7. The van der Waals surface area contributed by atoms with Crippen LogP contribution >= 0.6 is 0 Å². The minimum atomic E-state index is -1.43. The Balaban J connectivity index is 2.83. The maximum absolute atomic E-state index is 12.8. The highest BCUT2D eigenvalue weighted by Gasteiger charge is 2.27. The lowest BCUT2D eigenvalue weighted by atomic mass is 10.0. The van der Waals surface area contributed by atoms with Crippen molar-refractivity contribution >= 4 is 29.7 Å². The van der Waals surface area contributed by atoms with E-state index in [1.54, 1.807) is 30.3 Å². The predicted molar refractivity (Wildman–Crippen MR) is 119 cm³/mol. The molecule has 0 aromatic heterocycles. The van der Waals surface area contributed by atoms with Gasteiger partial charge in [-0.2, -0.15) is 0 Å². The average Bonchev–Trinajstić information content (AvgIpc) is 2.74. The molecule has 0 aliphatic heterocycles. The molecule has 0 aliphatic carbocycles. The summed E-state index contributed by atoms with van der Waals surface area (Å²) in [6.45, 7) is 3.41. The number of aliphatic carboxylic acids is 2. The van der Waals surface area contributed by atoms with Crippen LogP contribution in [0.3, 0.4) is 0 Å². The maximum Gasteiger partial charge on any atom is 0.326 e. The fraction of sp³-hybridized carbons (Fsp3) is 0.500. The van der Waals surface area contributed by atoms with Gasteiger partial charge in [0.15, 0.2) is 0 Å². The number of hydrogen-bond donors (Lipinski definition) is 6. The van der Waals surface area contributed by atoms with Crippen molar-refractivity contribution < 1.29 is 34.2 Å². The Hall–Kier alpha value is -3.47. The quantitative estimate of drug-likeness (QED) is 0.215. The summed E-state index contributed by atoms with van der Waals surface area (Å²) in [5.74, 6) is -4.33. The molecule has 3 amide bonds. The van der Waals surface area contributed by atoms with Gasteiger partial charge in [0.25, 0.3) is 0 Å². The first kappa shape index (κ1) is 27.6. The van der Waals surface area contributed by atoms with E-state index in [4.69, 9.17) is 10.8 Å². The van der Waals surface area contributed by atoms with Crippen LogP contribution in [0.2, 0.25) is 0 Å². The van der Waals surface area contributed by atoms with Gasteiger partial charge in [0.05, 0.1) is 12.6 Å². The zero-order chi connectivity index (χ0) is 25.0. The molecule has 3 atom stereocenters. The summed E-state index contributed by atoms with van der Waals surface area (Å²) in [6, 6.07) is 5.39. The molecular weight excluding hydrogens is 432 g/mol. The van der Waals surface area contributed by atoms with Gasteiger partial charge in [-0.15, -0.1) is 0 Å². The van der Waals surface area contributed by atoms with Crippen molar-refractivity contribution in [3.05, 3.63) is 35.9 Å². The largest absolute Gasteiger partial charge is 0.481 e. The maximum atomic E-state index is 12.8. The Kier molecular flexibility index (Phi) is 11.6. The molecule has 0 saturated heterocycles. The Morgan fingerprint density at radius 3 is 2.12 bits per heavy atom. The smallest absolute Gasteiger partial charge is 0.326 e. The molecule has 0 heterocycles. The second-order valence-electron chi connectivity index (χ2n) is 8.10. The normalized spacial score (nSPS) is 13.5. The van der Waals surface area contributed by atoms with Crippen molar-refractivity contribution in [1.82, 2.24) is 16.0 Å². The van der Waals surface area contributed by atoms with Crippen molar-refractivity contribution in [2.24, 2.45) is 11.7 Å². The molecule has 7 N–H and O–H groups in total. The molecule has 3 unspecified atom stereocenters. The fourth-order valence-electron chi connectivity index (χ4n) is 3.02. The third kappa shape index (κ3) is 11.1. The summed E-state index contributed by atoms with van der Waals surface area (Å²) in [4.78, 5) is 59.4. The van der Waals surface area contributed by atoms with E-state index in [9.17, 15) is 29.1 Å². The highest BCUT2D eigenvalue weighted by atomic mass is 16.4. The third-order valence-electron chi connectivity index (χ3n) is 4.68. The minimum Gasteiger partial charge on any atom is -0.481 e. The first-order valence-corrected chi connectivity index (χ1v) is 10.6. The van der Waals surface area contributed by atoms with Gasteiger partial charge in [-0.25, -0.2) is 4.79 Å². The predicted octanol–water partition coefficient (Wildman–Crippen LogP) is -0.362. The number of carboxylic acids is 2. The SMILES string of the molecule is CC(C)CC(N)C(=O)NCC(=O)NC(Cc1ccccc1)C(=O)NC(CCC(=O)O)C(=O)O. The summed E-state index contributed by atoms with van der Waals surface area (Å²) in [7, 11) is 0. The van der Waals surface area contributed by atoms with E-state index in [-0.39, 0.29) is 18.8 Å². The van der Waals surface area contributed by atoms with Crippen LogP contribution in [0.4, 0.5) is 0 Å². The lowest BCUT2D eigenvalue weighted by molar-refractivity contribution is -0.143. The second kappa shape index (κ2) is 13.8.